The minimum Gasteiger partial charge on any atom is -0.480 e. The molecule has 0 spiro atoms. The fraction of sp³-hybridized carbons (Fsp3) is 0.867. The lowest BCUT2D eigenvalue weighted by Gasteiger charge is -2.34. The molecule has 1 aliphatic heterocycles. The number of hydrogen-bond donors (Lipinski definition) is 2. The van der Waals surface area contributed by atoms with Gasteiger partial charge in [0, 0.05) is 13.1 Å². The second-order valence-corrected chi connectivity index (χ2v) is 6.54. The number of hydrogen-bond acceptors (Lipinski definition) is 2. The lowest BCUT2D eigenvalue weighted by Crippen LogP contribution is -2.50. The van der Waals surface area contributed by atoms with Crippen molar-refractivity contribution in [2.75, 3.05) is 13.1 Å². The van der Waals surface area contributed by atoms with Crippen LogP contribution in [0.4, 0.5) is 4.79 Å². The molecule has 116 valence electrons. The second-order valence-electron chi connectivity index (χ2n) is 6.54. The Bertz CT molecular complexity index is 334. The van der Waals surface area contributed by atoms with Gasteiger partial charge in [0.1, 0.15) is 6.04 Å². The molecule has 20 heavy (non-hydrogen) atoms. The topological polar surface area (TPSA) is 69.6 Å². The van der Waals surface area contributed by atoms with Crippen molar-refractivity contribution < 1.29 is 14.7 Å². The van der Waals surface area contributed by atoms with Gasteiger partial charge >= 0.3 is 12.0 Å². The minimum atomic E-state index is -0.955. The van der Waals surface area contributed by atoms with Crippen molar-refractivity contribution >= 4 is 12.0 Å². The Hall–Kier alpha value is -1.26. The Morgan fingerprint density at radius 3 is 2.15 bits per heavy atom. The molecule has 2 amide bonds. The van der Waals surface area contributed by atoms with Crippen LogP contribution >= 0.6 is 0 Å². The Kier molecular flexibility index (Phi) is 6.30. The lowest BCUT2D eigenvalue weighted by atomic mass is 9.87. The predicted molar refractivity (Wildman–Crippen MR) is 78.5 cm³/mol. The number of nitrogens with zero attached hydrogens (tertiary/aromatic N) is 1. The van der Waals surface area contributed by atoms with Gasteiger partial charge in [-0.25, -0.2) is 9.59 Å². The summed E-state index contributed by atoms with van der Waals surface area (Å²) in [7, 11) is 0. The molecule has 5 heteroatoms. The predicted octanol–water partition coefficient (Wildman–Crippen LogP) is 2.56. The third-order valence-corrected chi connectivity index (χ3v) is 4.07. The Balaban J connectivity index is 2.48. The van der Waals surface area contributed by atoms with Crippen molar-refractivity contribution in [3.63, 3.8) is 0 Å². The van der Waals surface area contributed by atoms with Crippen molar-refractivity contribution in [3.8, 4) is 0 Å². The van der Waals surface area contributed by atoms with Gasteiger partial charge in [-0.3, -0.25) is 0 Å². The molecule has 1 unspecified atom stereocenters. The van der Waals surface area contributed by atoms with Crippen molar-refractivity contribution in [1.29, 1.82) is 0 Å². The van der Waals surface area contributed by atoms with Gasteiger partial charge in [-0.15, -0.1) is 0 Å². The van der Waals surface area contributed by atoms with Gasteiger partial charge < -0.3 is 15.3 Å². The van der Waals surface area contributed by atoms with E-state index in [1.54, 1.807) is 4.90 Å². The average Bonchev–Trinajstić information content (AvgIpc) is 2.37. The summed E-state index contributed by atoms with van der Waals surface area (Å²) in [4.78, 5) is 25.0. The van der Waals surface area contributed by atoms with E-state index in [0.717, 1.165) is 25.9 Å². The van der Waals surface area contributed by atoms with E-state index in [1.165, 1.54) is 0 Å². The molecule has 0 aromatic heterocycles. The highest BCUT2D eigenvalue weighted by Crippen LogP contribution is 2.24. The molecule has 1 heterocycles. The average molecular weight is 284 g/mol. The molecule has 0 radical (unpaired) electrons. The fourth-order valence-corrected chi connectivity index (χ4v) is 2.70. The number of urea groups is 1. The first-order valence-electron chi connectivity index (χ1n) is 7.59. The van der Waals surface area contributed by atoms with Crippen molar-refractivity contribution in [2.24, 2.45) is 17.8 Å². The molecule has 5 nitrogen and oxygen atoms in total. The summed E-state index contributed by atoms with van der Waals surface area (Å²) in [6.07, 6.45) is 2.48. The molecule has 0 bridgehead atoms. The van der Waals surface area contributed by atoms with Crippen molar-refractivity contribution in [2.45, 2.75) is 53.0 Å². The van der Waals surface area contributed by atoms with E-state index in [0.29, 0.717) is 18.3 Å². The van der Waals surface area contributed by atoms with Gasteiger partial charge in [-0.2, -0.15) is 0 Å². The Morgan fingerprint density at radius 2 is 1.75 bits per heavy atom. The number of rotatable bonds is 5. The van der Waals surface area contributed by atoms with Gasteiger partial charge in [0.2, 0.25) is 0 Å². The number of carbonyl (C=O) groups excluding carboxylic acids is 1. The number of carboxylic acid groups (broad SMARTS) is 1. The first-order chi connectivity index (χ1) is 9.31. The molecular formula is C15H28N2O3. The molecule has 0 aromatic rings. The third-order valence-electron chi connectivity index (χ3n) is 4.07. The molecule has 0 aliphatic carbocycles. The lowest BCUT2D eigenvalue weighted by molar-refractivity contribution is -0.139. The Morgan fingerprint density at radius 1 is 1.20 bits per heavy atom. The van der Waals surface area contributed by atoms with Crippen LogP contribution in [0.1, 0.15) is 47.0 Å². The molecular weight excluding hydrogens is 256 g/mol. The van der Waals surface area contributed by atoms with E-state index < -0.39 is 12.0 Å². The molecule has 1 fully saturated rings. The number of carboxylic acids is 1. The molecule has 1 aliphatic rings. The van der Waals surface area contributed by atoms with Crippen LogP contribution in [-0.4, -0.2) is 41.1 Å². The number of amides is 2. The molecule has 0 aromatic carbocycles. The number of piperidine rings is 1. The first-order valence-corrected chi connectivity index (χ1v) is 7.59. The third kappa shape index (κ3) is 5.02. The van der Waals surface area contributed by atoms with Crippen molar-refractivity contribution in [1.82, 2.24) is 10.2 Å². The number of carbonyl (C=O) groups is 2. The maximum absolute atomic E-state index is 12.1. The van der Waals surface area contributed by atoms with Crippen LogP contribution in [0.15, 0.2) is 0 Å². The summed E-state index contributed by atoms with van der Waals surface area (Å²) >= 11 is 0. The van der Waals surface area contributed by atoms with Crippen LogP contribution in [0.5, 0.6) is 0 Å². The SMILES string of the molecule is CC(C)CC(NC(=O)N1CCC(C(C)C)CC1)C(=O)O. The zero-order valence-electron chi connectivity index (χ0n) is 13.1. The second kappa shape index (κ2) is 7.50. The number of nitrogens with one attached hydrogen (secondary N) is 1. The van der Waals surface area contributed by atoms with Gasteiger partial charge in [0.25, 0.3) is 0 Å². The normalized spacial score (nSPS) is 18.4. The van der Waals surface area contributed by atoms with E-state index in [1.807, 2.05) is 13.8 Å². The quantitative estimate of drug-likeness (QED) is 0.815. The molecule has 1 saturated heterocycles. The zero-order chi connectivity index (χ0) is 15.3. The summed E-state index contributed by atoms with van der Waals surface area (Å²) in [6.45, 7) is 9.78. The van der Waals surface area contributed by atoms with E-state index in [4.69, 9.17) is 5.11 Å². The van der Waals surface area contributed by atoms with E-state index in [2.05, 4.69) is 19.2 Å². The Labute approximate surface area is 121 Å². The fourth-order valence-electron chi connectivity index (χ4n) is 2.70. The first kappa shape index (κ1) is 16.8. The number of likely N-dealkylation sites (tertiary alicyclic amines) is 1. The summed E-state index contributed by atoms with van der Waals surface area (Å²) in [5, 5.41) is 11.8. The number of aliphatic carboxylic acids is 1. The summed E-state index contributed by atoms with van der Waals surface area (Å²) in [5.74, 6) is 0.602. The van der Waals surface area contributed by atoms with Crippen LogP contribution in [0.3, 0.4) is 0 Å². The standard InChI is InChI=1S/C15H28N2O3/c1-10(2)9-13(14(18)19)16-15(20)17-7-5-12(6-8-17)11(3)4/h10-13H,5-9H2,1-4H3,(H,16,20)(H,18,19). The minimum absolute atomic E-state index is 0.236. The van der Waals surface area contributed by atoms with Crippen molar-refractivity contribution in [3.05, 3.63) is 0 Å². The van der Waals surface area contributed by atoms with Crippen LogP contribution in [0.25, 0.3) is 0 Å². The van der Waals surface area contributed by atoms with Gasteiger partial charge in [0.15, 0.2) is 0 Å². The molecule has 1 rings (SSSR count). The summed E-state index contributed by atoms with van der Waals surface area (Å²) in [5.41, 5.74) is 0. The summed E-state index contributed by atoms with van der Waals surface area (Å²) in [6, 6.07) is -1.02. The van der Waals surface area contributed by atoms with Gasteiger partial charge in [-0.05, 0) is 37.0 Å². The largest absolute Gasteiger partial charge is 0.480 e. The van der Waals surface area contributed by atoms with Crippen LogP contribution in [0, 0.1) is 17.8 Å². The molecule has 2 N–H and O–H groups in total. The van der Waals surface area contributed by atoms with Crippen LogP contribution in [-0.2, 0) is 4.79 Å². The highest BCUT2D eigenvalue weighted by molar-refractivity contribution is 5.82. The van der Waals surface area contributed by atoms with Crippen LogP contribution in [0.2, 0.25) is 0 Å². The summed E-state index contributed by atoms with van der Waals surface area (Å²) < 4.78 is 0. The van der Waals surface area contributed by atoms with Crippen LogP contribution < -0.4 is 5.32 Å². The van der Waals surface area contributed by atoms with E-state index in [-0.39, 0.29) is 11.9 Å². The molecule has 0 saturated carbocycles. The van der Waals surface area contributed by atoms with E-state index >= 15 is 0 Å². The highest BCUT2D eigenvalue weighted by Gasteiger charge is 2.27. The maximum atomic E-state index is 12.1. The van der Waals surface area contributed by atoms with E-state index in [9.17, 15) is 9.59 Å². The smallest absolute Gasteiger partial charge is 0.326 e. The highest BCUT2D eigenvalue weighted by atomic mass is 16.4. The maximum Gasteiger partial charge on any atom is 0.326 e. The van der Waals surface area contributed by atoms with Gasteiger partial charge in [0.05, 0.1) is 0 Å². The molecule has 1 atom stereocenters. The van der Waals surface area contributed by atoms with Gasteiger partial charge in [-0.1, -0.05) is 27.7 Å². The zero-order valence-corrected chi connectivity index (χ0v) is 13.1. The monoisotopic (exact) mass is 284 g/mol.